The highest BCUT2D eigenvalue weighted by Crippen LogP contribution is 2.21. The Morgan fingerprint density at radius 1 is 1.42 bits per heavy atom. The normalized spacial score (nSPS) is 14.6. The van der Waals surface area contributed by atoms with Gasteiger partial charge in [0, 0.05) is 31.8 Å². The van der Waals surface area contributed by atoms with Gasteiger partial charge < -0.3 is 10.1 Å². The van der Waals surface area contributed by atoms with Crippen molar-refractivity contribution in [3.8, 4) is 11.8 Å². The SMILES string of the molecule is Cc1cc(Oc2cccc(CNC3CC3)n2)n(C)n1. The summed E-state index contributed by atoms with van der Waals surface area (Å²) in [6, 6.07) is 8.43. The van der Waals surface area contributed by atoms with E-state index in [0.717, 1.165) is 17.9 Å². The molecule has 0 spiro atoms. The summed E-state index contributed by atoms with van der Waals surface area (Å²) in [5.41, 5.74) is 1.94. The number of nitrogens with zero attached hydrogens (tertiary/aromatic N) is 3. The van der Waals surface area contributed by atoms with Crippen molar-refractivity contribution in [2.24, 2.45) is 7.05 Å². The van der Waals surface area contributed by atoms with Crippen LogP contribution in [-0.2, 0) is 13.6 Å². The zero-order chi connectivity index (χ0) is 13.2. The monoisotopic (exact) mass is 258 g/mol. The molecule has 3 rings (SSSR count). The van der Waals surface area contributed by atoms with Gasteiger partial charge in [-0.25, -0.2) is 9.67 Å². The number of pyridine rings is 1. The number of aryl methyl sites for hydroxylation is 2. The van der Waals surface area contributed by atoms with Crippen molar-refractivity contribution < 1.29 is 4.74 Å². The average molecular weight is 258 g/mol. The summed E-state index contributed by atoms with van der Waals surface area (Å²) < 4.78 is 7.47. The highest BCUT2D eigenvalue weighted by Gasteiger charge is 2.20. The topological polar surface area (TPSA) is 52.0 Å². The fourth-order valence-electron chi connectivity index (χ4n) is 1.94. The molecule has 0 atom stereocenters. The Balaban J connectivity index is 1.69. The van der Waals surface area contributed by atoms with Crippen molar-refractivity contribution in [2.45, 2.75) is 32.4 Å². The first-order valence-corrected chi connectivity index (χ1v) is 6.58. The summed E-state index contributed by atoms with van der Waals surface area (Å²) in [7, 11) is 1.86. The van der Waals surface area contributed by atoms with E-state index in [1.54, 1.807) is 4.68 Å². The van der Waals surface area contributed by atoms with E-state index in [-0.39, 0.29) is 0 Å². The minimum absolute atomic E-state index is 0.609. The van der Waals surface area contributed by atoms with Crippen LogP contribution in [0.2, 0.25) is 0 Å². The van der Waals surface area contributed by atoms with Crippen LogP contribution in [0.15, 0.2) is 24.3 Å². The van der Waals surface area contributed by atoms with Crippen LogP contribution in [0.3, 0.4) is 0 Å². The molecule has 1 aliphatic rings. The van der Waals surface area contributed by atoms with Crippen molar-refractivity contribution in [3.05, 3.63) is 35.7 Å². The molecule has 0 aliphatic heterocycles. The zero-order valence-corrected chi connectivity index (χ0v) is 11.3. The Hall–Kier alpha value is -1.88. The van der Waals surface area contributed by atoms with Crippen molar-refractivity contribution in [1.82, 2.24) is 20.1 Å². The molecule has 1 aliphatic carbocycles. The fraction of sp³-hybridized carbons (Fsp3) is 0.429. The van der Waals surface area contributed by atoms with Crippen LogP contribution in [0, 0.1) is 6.92 Å². The largest absolute Gasteiger partial charge is 0.421 e. The third kappa shape index (κ3) is 3.12. The molecule has 1 N–H and O–H groups in total. The lowest BCUT2D eigenvalue weighted by Crippen LogP contribution is -2.16. The van der Waals surface area contributed by atoms with Gasteiger partial charge in [-0.2, -0.15) is 5.10 Å². The van der Waals surface area contributed by atoms with Crippen LogP contribution in [0.25, 0.3) is 0 Å². The van der Waals surface area contributed by atoms with Crippen LogP contribution in [0.5, 0.6) is 11.8 Å². The summed E-state index contributed by atoms with van der Waals surface area (Å²) in [5.74, 6) is 1.32. The summed E-state index contributed by atoms with van der Waals surface area (Å²) in [6.07, 6.45) is 2.56. The number of ether oxygens (including phenoxy) is 1. The first-order valence-electron chi connectivity index (χ1n) is 6.58. The summed E-state index contributed by atoms with van der Waals surface area (Å²) in [4.78, 5) is 4.49. The molecular formula is C14H18N4O. The highest BCUT2D eigenvalue weighted by atomic mass is 16.5. The summed E-state index contributed by atoms with van der Waals surface area (Å²) in [5, 5.41) is 7.69. The molecule has 2 heterocycles. The van der Waals surface area contributed by atoms with Gasteiger partial charge in [0.1, 0.15) is 0 Å². The van der Waals surface area contributed by atoms with E-state index in [1.165, 1.54) is 12.8 Å². The molecule has 0 saturated heterocycles. The summed E-state index contributed by atoms with van der Waals surface area (Å²) in [6.45, 7) is 2.74. The Bertz CT molecular complexity index is 575. The van der Waals surface area contributed by atoms with E-state index in [1.807, 2.05) is 38.2 Å². The molecule has 1 saturated carbocycles. The fourth-order valence-corrected chi connectivity index (χ4v) is 1.94. The van der Waals surface area contributed by atoms with Gasteiger partial charge >= 0.3 is 0 Å². The molecule has 2 aromatic heterocycles. The molecule has 5 nitrogen and oxygen atoms in total. The van der Waals surface area contributed by atoms with Gasteiger partial charge in [0.25, 0.3) is 0 Å². The van der Waals surface area contributed by atoms with Gasteiger partial charge in [0.05, 0.1) is 11.4 Å². The standard InChI is InChI=1S/C14H18N4O/c1-10-8-14(18(2)17-10)19-13-5-3-4-12(16-13)9-15-11-6-7-11/h3-5,8,11,15H,6-7,9H2,1-2H3. The van der Waals surface area contributed by atoms with E-state index in [0.29, 0.717) is 17.8 Å². The molecular weight excluding hydrogens is 240 g/mol. The maximum absolute atomic E-state index is 5.75. The Morgan fingerprint density at radius 2 is 2.26 bits per heavy atom. The van der Waals surface area contributed by atoms with Gasteiger partial charge in [-0.3, -0.25) is 0 Å². The second kappa shape index (κ2) is 5.01. The van der Waals surface area contributed by atoms with Crippen LogP contribution in [-0.4, -0.2) is 20.8 Å². The van der Waals surface area contributed by atoms with Crippen LogP contribution >= 0.6 is 0 Å². The second-order valence-corrected chi connectivity index (χ2v) is 4.97. The van der Waals surface area contributed by atoms with Gasteiger partial charge in [-0.15, -0.1) is 0 Å². The van der Waals surface area contributed by atoms with Crippen molar-refractivity contribution >= 4 is 0 Å². The van der Waals surface area contributed by atoms with E-state index in [9.17, 15) is 0 Å². The first-order chi connectivity index (χ1) is 9.20. The minimum atomic E-state index is 0.609. The second-order valence-electron chi connectivity index (χ2n) is 4.97. The number of aromatic nitrogens is 3. The van der Waals surface area contributed by atoms with E-state index < -0.39 is 0 Å². The van der Waals surface area contributed by atoms with Gasteiger partial charge in [0.15, 0.2) is 0 Å². The number of hydrogen-bond donors (Lipinski definition) is 1. The molecule has 0 radical (unpaired) electrons. The number of hydrogen-bond acceptors (Lipinski definition) is 4. The van der Waals surface area contributed by atoms with Gasteiger partial charge in [-0.1, -0.05) is 6.07 Å². The smallest absolute Gasteiger partial charge is 0.221 e. The first kappa shape index (κ1) is 12.2. The van der Waals surface area contributed by atoms with Crippen LogP contribution in [0.1, 0.15) is 24.2 Å². The van der Waals surface area contributed by atoms with E-state index in [2.05, 4.69) is 15.4 Å². The molecule has 0 unspecified atom stereocenters. The zero-order valence-electron chi connectivity index (χ0n) is 11.3. The molecule has 1 fully saturated rings. The Labute approximate surface area is 112 Å². The number of rotatable bonds is 5. The lowest BCUT2D eigenvalue weighted by molar-refractivity contribution is 0.413. The number of nitrogens with one attached hydrogen (secondary N) is 1. The molecule has 2 aromatic rings. The van der Waals surface area contributed by atoms with Crippen LogP contribution in [0.4, 0.5) is 0 Å². The molecule has 5 heteroatoms. The molecule has 0 bridgehead atoms. The van der Waals surface area contributed by atoms with Crippen molar-refractivity contribution in [2.75, 3.05) is 0 Å². The van der Waals surface area contributed by atoms with Crippen LogP contribution < -0.4 is 10.1 Å². The minimum Gasteiger partial charge on any atom is -0.421 e. The Morgan fingerprint density at radius 3 is 2.95 bits per heavy atom. The summed E-state index contributed by atoms with van der Waals surface area (Å²) >= 11 is 0. The molecule has 19 heavy (non-hydrogen) atoms. The maximum Gasteiger partial charge on any atom is 0.221 e. The lowest BCUT2D eigenvalue weighted by Gasteiger charge is -2.07. The maximum atomic E-state index is 5.75. The highest BCUT2D eigenvalue weighted by molar-refractivity contribution is 5.23. The lowest BCUT2D eigenvalue weighted by atomic mass is 10.3. The quantitative estimate of drug-likeness (QED) is 0.893. The third-order valence-corrected chi connectivity index (χ3v) is 3.10. The van der Waals surface area contributed by atoms with Gasteiger partial charge in [0.2, 0.25) is 11.8 Å². The molecule has 0 aromatic carbocycles. The average Bonchev–Trinajstić information content (AvgIpc) is 3.15. The molecule has 100 valence electrons. The molecule has 0 amide bonds. The van der Waals surface area contributed by atoms with Crippen molar-refractivity contribution in [1.29, 1.82) is 0 Å². The van der Waals surface area contributed by atoms with Gasteiger partial charge in [-0.05, 0) is 25.8 Å². The van der Waals surface area contributed by atoms with E-state index >= 15 is 0 Å². The Kier molecular flexibility index (Phi) is 3.21. The third-order valence-electron chi connectivity index (χ3n) is 3.10. The van der Waals surface area contributed by atoms with Crippen molar-refractivity contribution in [3.63, 3.8) is 0 Å². The predicted octanol–water partition coefficient (Wildman–Crippen LogP) is 2.17. The predicted molar refractivity (Wildman–Crippen MR) is 72.1 cm³/mol. The van der Waals surface area contributed by atoms with E-state index in [4.69, 9.17) is 4.74 Å².